The summed E-state index contributed by atoms with van der Waals surface area (Å²) in [7, 11) is 0. The van der Waals surface area contributed by atoms with Gasteiger partial charge >= 0.3 is 0 Å². The maximum absolute atomic E-state index is 6.50. The van der Waals surface area contributed by atoms with Crippen molar-refractivity contribution >= 4 is 23.2 Å². The molecular formula is C26H27ClN8. The molecule has 4 heterocycles. The summed E-state index contributed by atoms with van der Waals surface area (Å²) >= 11 is 6.50. The second-order valence-corrected chi connectivity index (χ2v) is 8.95. The Labute approximate surface area is 209 Å². The van der Waals surface area contributed by atoms with Crippen LogP contribution in [-0.4, -0.2) is 56.0 Å². The highest BCUT2D eigenvalue weighted by atomic mass is 35.5. The number of benzene rings is 1. The van der Waals surface area contributed by atoms with Crippen LogP contribution >= 0.6 is 11.6 Å². The molecule has 2 N–H and O–H groups in total. The summed E-state index contributed by atoms with van der Waals surface area (Å²) in [5, 5.41) is 7.45. The fraction of sp³-hybridized carbons (Fsp3) is 0.269. The lowest BCUT2D eigenvalue weighted by Gasteiger charge is -2.27. The van der Waals surface area contributed by atoms with Gasteiger partial charge in [0.2, 0.25) is 0 Å². The van der Waals surface area contributed by atoms with Crippen LogP contribution in [0.15, 0.2) is 60.9 Å². The summed E-state index contributed by atoms with van der Waals surface area (Å²) in [6.07, 6.45) is 4.08. The minimum absolute atomic E-state index is 0.561. The van der Waals surface area contributed by atoms with Crippen molar-refractivity contribution in [3.63, 3.8) is 0 Å². The van der Waals surface area contributed by atoms with Crippen molar-refractivity contribution in [2.45, 2.75) is 19.9 Å². The molecule has 3 aromatic heterocycles. The lowest BCUT2D eigenvalue weighted by Crippen LogP contribution is -2.42. The molecule has 0 radical (unpaired) electrons. The third-order valence-electron chi connectivity index (χ3n) is 5.81. The van der Waals surface area contributed by atoms with Crippen molar-refractivity contribution in [1.82, 2.24) is 35.1 Å². The van der Waals surface area contributed by atoms with Gasteiger partial charge in [-0.05, 0) is 48.4 Å². The highest BCUT2D eigenvalue weighted by molar-refractivity contribution is 6.31. The first-order valence-electron chi connectivity index (χ1n) is 11.7. The molecule has 4 aromatic rings. The van der Waals surface area contributed by atoms with Crippen LogP contribution in [0.2, 0.25) is 5.02 Å². The smallest absolute Gasteiger partial charge is 0.180 e. The van der Waals surface area contributed by atoms with Gasteiger partial charge in [0, 0.05) is 62.3 Å². The largest absolute Gasteiger partial charge is 0.325 e. The Morgan fingerprint density at radius 1 is 0.943 bits per heavy atom. The molecule has 1 saturated heterocycles. The quantitative estimate of drug-likeness (QED) is 0.404. The molecule has 0 unspecified atom stereocenters. The predicted molar refractivity (Wildman–Crippen MR) is 138 cm³/mol. The highest BCUT2D eigenvalue weighted by Crippen LogP contribution is 2.22. The maximum Gasteiger partial charge on any atom is 0.180 e. The summed E-state index contributed by atoms with van der Waals surface area (Å²) in [6.45, 7) is 6.89. The molecule has 8 nitrogen and oxygen atoms in total. The van der Waals surface area contributed by atoms with E-state index in [1.165, 1.54) is 0 Å². The standard InChI is InChI=1S/C26H27ClN8/c1-18-3-2-4-22(31-18)26-30-10-8-24(34-26)32-23-7-9-29-25(33-23)16-19-5-6-21(27)20(15-19)17-35-13-11-28-12-14-35/h2-10,15,28H,11-14,16-17H2,1H3,(H,29,30,32,33,34). The maximum atomic E-state index is 6.50. The number of pyridine rings is 1. The van der Waals surface area contributed by atoms with Crippen LogP contribution < -0.4 is 10.6 Å². The summed E-state index contributed by atoms with van der Waals surface area (Å²) < 4.78 is 0. The molecule has 1 aromatic carbocycles. The average molecular weight is 487 g/mol. The van der Waals surface area contributed by atoms with Crippen LogP contribution in [0.25, 0.3) is 11.5 Å². The Morgan fingerprint density at radius 3 is 2.57 bits per heavy atom. The number of aryl methyl sites for hydroxylation is 1. The molecule has 0 atom stereocenters. The normalized spacial score (nSPS) is 14.1. The minimum atomic E-state index is 0.561. The van der Waals surface area contributed by atoms with E-state index in [4.69, 9.17) is 16.6 Å². The number of rotatable bonds is 7. The van der Waals surface area contributed by atoms with Gasteiger partial charge in [-0.25, -0.2) is 24.9 Å². The van der Waals surface area contributed by atoms with Gasteiger partial charge < -0.3 is 10.6 Å². The third-order valence-corrected chi connectivity index (χ3v) is 6.18. The van der Waals surface area contributed by atoms with Gasteiger partial charge in [-0.2, -0.15) is 0 Å². The molecule has 1 aliphatic heterocycles. The zero-order valence-electron chi connectivity index (χ0n) is 19.6. The second kappa shape index (κ2) is 10.9. The van der Waals surface area contributed by atoms with Crippen LogP contribution in [0.5, 0.6) is 0 Å². The number of nitrogens with one attached hydrogen (secondary N) is 2. The number of piperazine rings is 1. The zero-order valence-corrected chi connectivity index (χ0v) is 20.3. The Bertz CT molecular complexity index is 1310. The highest BCUT2D eigenvalue weighted by Gasteiger charge is 2.13. The first-order chi connectivity index (χ1) is 17.1. The Hall–Kier alpha value is -3.46. The van der Waals surface area contributed by atoms with Crippen LogP contribution in [0, 0.1) is 6.92 Å². The van der Waals surface area contributed by atoms with E-state index >= 15 is 0 Å². The third kappa shape index (κ3) is 6.16. The van der Waals surface area contributed by atoms with E-state index in [1.54, 1.807) is 12.4 Å². The van der Waals surface area contributed by atoms with Crippen LogP contribution in [-0.2, 0) is 13.0 Å². The van der Waals surface area contributed by atoms with Crippen molar-refractivity contribution in [2.24, 2.45) is 0 Å². The van der Waals surface area contributed by atoms with Crippen LogP contribution in [0.3, 0.4) is 0 Å². The van der Waals surface area contributed by atoms with Gasteiger partial charge in [0.1, 0.15) is 23.2 Å². The fourth-order valence-electron chi connectivity index (χ4n) is 4.06. The van der Waals surface area contributed by atoms with Crippen molar-refractivity contribution in [1.29, 1.82) is 0 Å². The zero-order chi connectivity index (χ0) is 24.0. The monoisotopic (exact) mass is 486 g/mol. The molecule has 1 fully saturated rings. The van der Waals surface area contributed by atoms with Gasteiger partial charge in [-0.15, -0.1) is 0 Å². The number of hydrogen-bond acceptors (Lipinski definition) is 8. The number of hydrogen-bond donors (Lipinski definition) is 2. The molecule has 0 saturated carbocycles. The predicted octanol–water partition coefficient (Wildman–Crippen LogP) is 4.03. The molecule has 0 bridgehead atoms. The fourth-order valence-corrected chi connectivity index (χ4v) is 4.23. The van der Waals surface area contributed by atoms with Crippen LogP contribution in [0.1, 0.15) is 22.6 Å². The molecule has 0 aliphatic carbocycles. The van der Waals surface area contributed by atoms with Gasteiger partial charge in [0.25, 0.3) is 0 Å². The van der Waals surface area contributed by atoms with Gasteiger partial charge in [0.05, 0.1) is 0 Å². The molecular weight excluding hydrogens is 460 g/mol. The Kier molecular flexibility index (Phi) is 7.23. The molecule has 178 valence electrons. The van der Waals surface area contributed by atoms with E-state index < -0.39 is 0 Å². The topological polar surface area (TPSA) is 91.8 Å². The lowest BCUT2D eigenvalue weighted by molar-refractivity contribution is 0.233. The van der Waals surface area contributed by atoms with Gasteiger partial charge in [-0.3, -0.25) is 4.90 Å². The molecule has 1 aliphatic rings. The van der Waals surface area contributed by atoms with Crippen LogP contribution in [0.4, 0.5) is 11.6 Å². The Balaban J connectivity index is 1.29. The van der Waals surface area contributed by atoms with E-state index in [2.05, 4.69) is 41.5 Å². The number of halogens is 1. The number of nitrogens with zero attached hydrogens (tertiary/aromatic N) is 6. The van der Waals surface area contributed by atoms with E-state index in [0.717, 1.165) is 66.1 Å². The van der Waals surface area contributed by atoms with Gasteiger partial charge in [0.15, 0.2) is 5.82 Å². The van der Waals surface area contributed by atoms with Crippen molar-refractivity contribution in [3.8, 4) is 11.5 Å². The van der Waals surface area contributed by atoms with E-state index in [-0.39, 0.29) is 0 Å². The minimum Gasteiger partial charge on any atom is -0.325 e. The second-order valence-electron chi connectivity index (χ2n) is 8.54. The number of anilines is 2. The van der Waals surface area contributed by atoms with E-state index in [0.29, 0.717) is 23.9 Å². The van der Waals surface area contributed by atoms with Crippen molar-refractivity contribution in [2.75, 3.05) is 31.5 Å². The molecule has 35 heavy (non-hydrogen) atoms. The molecule has 0 amide bonds. The average Bonchev–Trinajstić information content (AvgIpc) is 2.87. The van der Waals surface area contributed by atoms with Crippen molar-refractivity contribution < 1.29 is 0 Å². The lowest BCUT2D eigenvalue weighted by atomic mass is 10.1. The first kappa shape index (κ1) is 23.3. The number of aromatic nitrogens is 5. The van der Waals surface area contributed by atoms with E-state index in [9.17, 15) is 0 Å². The van der Waals surface area contributed by atoms with Crippen molar-refractivity contribution in [3.05, 3.63) is 88.6 Å². The van der Waals surface area contributed by atoms with E-state index in [1.807, 2.05) is 49.4 Å². The SMILES string of the molecule is Cc1cccc(-c2nccc(Nc3ccnc(Cc4ccc(Cl)c(CN5CCNCC5)c4)n3)n2)n1. The summed E-state index contributed by atoms with van der Waals surface area (Å²) in [5.74, 6) is 2.60. The molecule has 0 spiro atoms. The Morgan fingerprint density at radius 2 is 1.74 bits per heavy atom. The first-order valence-corrected chi connectivity index (χ1v) is 12.1. The summed E-state index contributed by atoms with van der Waals surface area (Å²) in [6, 6.07) is 15.6. The molecule has 5 rings (SSSR count). The molecule has 9 heteroatoms. The summed E-state index contributed by atoms with van der Waals surface area (Å²) in [5.41, 5.74) is 3.92. The van der Waals surface area contributed by atoms with Gasteiger partial charge in [-0.1, -0.05) is 29.8 Å². The summed E-state index contributed by atoms with van der Waals surface area (Å²) in [4.78, 5) is 25.1.